The molecule has 1 heterocycles. The molecular weight excluding hydrogens is 290 g/mol. The van der Waals surface area contributed by atoms with Crippen LogP contribution in [0, 0.1) is 11.6 Å². The van der Waals surface area contributed by atoms with Crippen LogP contribution < -0.4 is 4.74 Å². The summed E-state index contributed by atoms with van der Waals surface area (Å²) in [6.45, 7) is 0. The summed E-state index contributed by atoms with van der Waals surface area (Å²) in [4.78, 5) is 20.6. The molecule has 4 nitrogen and oxygen atoms in total. The summed E-state index contributed by atoms with van der Waals surface area (Å²) in [6.07, 6.45) is 2.99. The van der Waals surface area contributed by atoms with Crippen LogP contribution in [-0.4, -0.2) is 22.9 Å². The molecule has 0 radical (unpaired) electrons. The predicted octanol–water partition coefficient (Wildman–Crippen LogP) is 3.15. The Balaban J connectivity index is 2.13. The maximum absolute atomic E-state index is 14.2. The number of ether oxygens (including phenoxy) is 1. The molecule has 3 aromatic rings. The van der Waals surface area contributed by atoms with E-state index in [4.69, 9.17) is 4.74 Å². The van der Waals surface area contributed by atoms with Gasteiger partial charge >= 0.3 is 0 Å². The molecule has 1 aromatic heterocycles. The Morgan fingerprint density at radius 2 is 1.77 bits per heavy atom. The van der Waals surface area contributed by atoms with E-state index in [1.165, 1.54) is 31.6 Å². The number of benzene rings is 2. The lowest BCUT2D eigenvalue weighted by Crippen LogP contribution is -2.09. The summed E-state index contributed by atoms with van der Waals surface area (Å²) < 4.78 is 32.8. The number of rotatable bonds is 3. The lowest BCUT2D eigenvalue weighted by Gasteiger charge is -2.08. The van der Waals surface area contributed by atoms with Crippen LogP contribution in [0.4, 0.5) is 8.78 Å². The van der Waals surface area contributed by atoms with Crippen molar-refractivity contribution in [2.24, 2.45) is 0 Å². The van der Waals surface area contributed by atoms with Gasteiger partial charge in [-0.3, -0.25) is 14.8 Å². The molecule has 0 saturated heterocycles. The van der Waals surface area contributed by atoms with Crippen LogP contribution in [0.25, 0.3) is 11.0 Å². The summed E-state index contributed by atoms with van der Waals surface area (Å²) in [7, 11) is 1.25. The quantitative estimate of drug-likeness (QED) is 0.697. The number of methoxy groups -OCH3 is 1. The first-order valence-electron chi connectivity index (χ1n) is 6.39. The second-order valence-corrected chi connectivity index (χ2v) is 4.53. The summed E-state index contributed by atoms with van der Waals surface area (Å²) in [5.41, 5.74) is 0.532. The fraction of sp³-hybridized carbons (Fsp3) is 0.0625. The summed E-state index contributed by atoms with van der Waals surface area (Å²) >= 11 is 0. The second-order valence-electron chi connectivity index (χ2n) is 4.53. The Morgan fingerprint density at radius 1 is 1.05 bits per heavy atom. The van der Waals surface area contributed by atoms with E-state index in [9.17, 15) is 13.6 Å². The molecule has 0 spiro atoms. The van der Waals surface area contributed by atoms with Crippen molar-refractivity contribution in [1.82, 2.24) is 9.97 Å². The maximum Gasteiger partial charge on any atom is 0.199 e. The molecule has 0 bridgehead atoms. The van der Waals surface area contributed by atoms with Crippen molar-refractivity contribution in [3.8, 4) is 5.75 Å². The third-order valence-electron chi connectivity index (χ3n) is 3.23. The van der Waals surface area contributed by atoms with Crippen LogP contribution >= 0.6 is 0 Å². The van der Waals surface area contributed by atoms with Crippen molar-refractivity contribution in [1.29, 1.82) is 0 Å². The average molecular weight is 300 g/mol. The second kappa shape index (κ2) is 5.48. The fourth-order valence-electron chi connectivity index (χ4n) is 2.15. The van der Waals surface area contributed by atoms with Crippen molar-refractivity contribution >= 4 is 16.8 Å². The highest BCUT2D eigenvalue weighted by molar-refractivity contribution is 6.10. The number of hydrogen-bond acceptors (Lipinski definition) is 4. The summed E-state index contributed by atoms with van der Waals surface area (Å²) in [5.74, 6) is -2.93. The number of carbonyl (C=O) groups is 1. The van der Waals surface area contributed by atoms with Gasteiger partial charge in [0.25, 0.3) is 0 Å². The molecule has 0 unspecified atom stereocenters. The fourth-order valence-corrected chi connectivity index (χ4v) is 2.15. The molecule has 0 aliphatic heterocycles. The number of aromatic nitrogens is 2. The molecule has 110 valence electrons. The lowest BCUT2D eigenvalue weighted by molar-refractivity contribution is 0.103. The number of carbonyl (C=O) groups excluding carboxylic acids is 1. The van der Waals surface area contributed by atoms with Gasteiger partial charge in [-0.05, 0) is 30.3 Å². The normalized spacial score (nSPS) is 10.7. The molecule has 0 atom stereocenters. The van der Waals surface area contributed by atoms with Crippen LogP contribution in [0.15, 0.2) is 42.7 Å². The van der Waals surface area contributed by atoms with Gasteiger partial charge in [-0.2, -0.15) is 0 Å². The number of fused-ring (bicyclic) bond motifs is 1. The molecule has 3 rings (SSSR count). The molecule has 0 fully saturated rings. The monoisotopic (exact) mass is 300 g/mol. The van der Waals surface area contributed by atoms with E-state index in [-0.39, 0.29) is 11.3 Å². The first-order chi connectivity index (χ1) is 10.6. The maximum atomic E-state index is 14.2. The molecule has 6 heteroatoms. The van der Waals surface area contributed by atoms with E-state index in [2.05, 4.69) is 9.97 Å². The van der Waals surface area contributed by atoms with Crippen LogP contribution in [-0.2, 0) is 0 Å². The number of halogens is 2. The van der Waals surface area contributed by atoms with Crippen molar-refractivity contribution in [3.05, 3.63) is 65.5 Å². The first-order valence-corrected chi connectivity index (χ1v) is 6.39. The standard InChI is InChI=1S/C16H10F2N2O2/c1-22-13-5-3-10(17)14(15(13)18)16(21)9-2-4-11-12(8-9)20-7-6-19-11/h2-8H,1H3. The van der Waals surface area contributed by atoms with Gasteiger partial charge in [0, 0.05) is 18.0 Å². The van der Waals surface area contributed by atoms with Crippen LogP contribution in [0.2, 0.25) is 0 Å². The van der Waals surface area contributed by atoms with Crippen LogP contribution in [0.3, 0.4) is 0 Å². The van der Waals surface area contributed by atoms with Gasteiger partial charge in [-0.1, -0.05) is 0 Å². The first kappa shape index (κ1) is 14.1. The van der Waals surface area contributed by atoms with Crippen LogP contribution in [0.1, 0.15) is 15.9 Å². The van der Waals surface area contributed by atoms with Gasteiger partial charge in [0.2, 0.25) is 0 Å². The van der Waals surface area contributed by atoms with Gasteiger partial charge in [-0.15, -0.1) is 0 Å². The van der Waals surface area contributed by atoms with Gasteiger partial charge in [0.05, 0.1) is 23.7 Å². The topological polar surface area (TPSA) is 52.1 Å². The smallest absolute Gasteiger partial charge is 0.199 e. The molecule has 0 aliphatic carbocycles. The molecule has 0 N–H and O–H groups in total. The zero-order chi connectivity index (χ0) is 15.7. The third-order valence-corrected chi connectivity index (χ3v) is 3.23. The number of nitrogens with zero attached hydrogens (tertiary/aromatic N) is 2. The van der Waals surface area contributed by atoms with Gasteiger partial charge in [-0.25, -0.2) is 8.78 Å². The highest BCUT2D eigenvalue weighted by Crippen LogP contribution is 2.25. The largest absolute Gasteiger partial charge is 0.494 e. The highest BCUT2D eigenvalue weighted by atomic mass is 19.1. The Hall–Kier alpha value is -2.89. The van der Waals surface area contributed by atoms with E-state index in [1.54, 1.807) is 6.07 Å². The Kier molecular flexibility index (Phi) is 3.50. The van der Waals surface area contributed by atoms with E-state index < -0.39 is 23.0 Å². The Labute approximate surface area is 124 Å². The molecule has 0 aliphatic rings. The van der Waals surface area contributed by atoms with Crippen molar-refractivity contribution in [2.75, 3.05) is 7.11 Å². The van der Waals surface area contributed by atoms with Crippen molar-refractivity contribution in [3.63, 3.8) is 0 Å². The van der Waals surface area contributed by atoms with E-state index in [0.29, 0.717) is 11.0 Å². The summed E-state index contributed by atoms with van der Waals surface area (Å²) in [5, 5.41) is 0. The van der Waals surface area contributed by atoms with Gasteiger partial charge < -0.3 is 4.74 Å². The third kappa shape index (κ3) is 2.28. The zero-order valence-corrected chi connectivity index (χ0v) is 11.5. The minimum atomic E-state index is -1.02. The molecule has 0 amide bonds. The lowest BCUT2D eigenvalue weighted by atomic mass is 10.0. The SMILES string of the molecule is COc1ccc(F)c(C(=O)c2ccc3nccnc3c2)c1F. The number of ketones is 1. The summed E-state index contributed by atoms with van der Waals surface area (Å²) in [6, 6.07) is 6.61. The molecule has 0 saturated carbocycles. The predicted molar refractivity (Wildman–Crippen MR) is 75.9 cm³/mol. The van der Waals surface area contributed by atoms with E-state index in [1.807, 2.05) is 0 Å². The van der Waals surface area contributed by atoms with Gasteiger partial charge in [0.15, 0.2) is 17.3 Å². The minimum absolute atomic E-state index is 0.124. The van der Waals surface area contributed by atoms with Crippen molar-refractivity contribution < 1.29 is 18.3 Å². The zero-order valence-electron chi connectivity index (χ0n) is 11.5. The number of hydrogen-bond donors (Lipinski definition) is 0. The molecule has 22 heavy (non-hydrogen) atoms. The Morgan fingerprint density at radius 3 is 2.50 bits per heavy atom. The minimum Gasteiger partial charge on any atom is -0.494 e. The van der Waals surface area contributed by atoms with Crippen molar-refractivity contribution in [2.45, 2.75) is 0 Å². The van der Waals surface area contributed by atoms with Crippen LogP contribution in [0.5, 0.6) is 5.75 Å². The highest BCUT2D eigenvalue weighted by Gasteiger charge is 2.22. The molecule has 2 aromatic carbocycles. The average Bonchev–Trinajstić information content (AvgIpc) is 2.54. The van der Waals surface area contributed by atoms with E-state index >= 15 is 0 Å². The molecular formula is C16H10F2N2O2. The van der Waals surface area contributed by atoms with E-state index in [0.717, 1.165) is 12.1 Å². The van der Waals surface area contributed by atoms with Gasteiger partial charge in [0.1, 0.15) is 5.82 Å². The Bertz CT molecular complexity index is 881.